The summed E-state index contributed by atoms with van der Waals surface area (Å²) in [6.07, 6.45) is 4.43. The van der Waals surface area contributed by atoms with Gasteiger partial charge in [-0.2, -0.15) is 0 Å². The molecule has 0 aliphatic carbocycles. The van der Waals surface area contributed by atoms with Gasteiger partial charge in [0.2, 0.25) is 0 Å². The van der Waals surface area contributed by atoms with Gasteiger partial charge in [-0.1, -0.05) is 0 Å². The van der Waals surface area contributed by atoms with Crippen molar-refractivity contribution in [1.29, 1.82) is 0 Å². The van der Waals surface area contributed by atoms with E-state index in [0.717, 1.165) is 6.61 Å². The highest BCUT2D eigenvalue weighted by atomic mass is 16.5. The Bertz CT molecular complexity index is 46.1. The predicted molar refractivity (Wildman–Crippen MR) is 29.3 cm³/mol. The zero-order valence-electron chi connectivity index (χ0n) is 4.81. The molecule has 0 unspecified atom stereocenters. The highest BCUT2D eigenvalue weighted by Gasteiger charge is 2.05. The fourth-order valence-corrected chi connectivity index (χ4v) is 0.902. The molecule has 0 saturated carbocycles. The third-order valence-corrected chi connectivity index (χ3v) is 1.41. The van der Waals surface area contributed by atoms with Crippen molar-refractivity contribution in [2.45, 2.75) is 32.3 Å². The van der Waals surface area contributed by atoms with Crippen LogP contribution in [-0.2, 0) is 4.74 Å². The molecule has 0 spiro atoms. The van der Waals surface area contributed by atoms with Crippen LogP contribution in [0.25, 0.3) is 0 Å². The van der Waals surface area contributed by atoms with E-state index in [9.17, 15) is 0 Å². The van der Waals surface area contributed by atoms with E-state index in [1.807, 2.05) is 0 Å². The highest BCUT2D eigenvalue weighted by molar-refractivity contribution is 4.55. The molecule has 1 aliphatic rings. The van der Waals surface area contributed by atoms with Crippen molar-refractivity contribution in [2.75, 3.05) is 6.61 Å². The molecule has 1 fully saturated rings. The molecule has 1 saturated heterocycles. The summed E-state index contributed by atoms with van der Waals surface area (Å²) in [5, 5.41) is 0. The second-order valence-electron chi connectivity index (χ2n) is 2.18. The van der Waals surface area contributed by atoms with Gasteiger partial charge in [0, 0.05) is 6.61 Å². The molecule has 0 aromatic heterocycles. The lowest BCUT2D eigenvalue weighted by molar-refractivity contribution is 0.0285. The van der Waals surface area contributed by atoms with Gasteiger partial charge < -0.3 is 4.74 Å². The van der Waals surface area contributed by atoms with E-state index in [0.29, 0.717) is 6.10 Å². The highest BCUT2D eigenvalue weighted by Crippen LogP contribution is 2.10. The van der Waals surface area contributed by atoms with Gasteiger partial charge in [-0.25, -0.2) is 0 Å². The summed E-state index contributed by atoms with van der Waals surface area (Å²) in [6, 6.07) is 0. The monoisotopic (exact) mass is 100 g/mol. The van der Waals surface area contributed by atoms with Crippen LogP contribution in [0.1, 0.15) is 26.2 Å². The number of rotatable bonds is 0. The molecule has 1 nitrogen and oxygen atoms in total. The Balaban J connectivity index is 2.12. The number of hydrogen-bond acceptors (Lipinski definition) is 1. The van der Waals surface area contributed by atoms with Crippen LogP contribution in [0.5, 0.6) is 0 Å². The molecule has 42 valence electrons. The fourth-order valence-electron chi connectivity index (χ4n) is 0.902. The summed E-state index contributed by atoms with van der Waals surface area (Å²) in [5.74, 6) is 0. The lowest BCUT2D eigenvalue weighted by atomic mass is 10.1. The zero-order valence-corrected chi connectivity index (χ0v) is 4.81. The van der Waals surface area contributed by atoms with E-state index in [4.69, 9.17) is 4.74 Å². The zero-order chi connectivity index (χ0) is 5.11. The topological polar surface area (TPSA) is 9.23 Å². The van der Waals surface area contributed by atoms with Crippen LogP contribution in [0.4, 0.5) is 0 Å². The third-order valence-electron chi connectivity index (χ3n) is 1.41. The van der Waals surface area contributed by atoms with Crippen LogP contribution in [0.2, 0.25) is 0 Å². The Labute approximate surface area is 44.7 Å². The first-order valence-electron chi connectivity index (χ1n) is 3.01. The first-order chi connectivity index (χ1) is 3.39. The molecule has 1 rings (SSSR count). The van der Waals surface area contributed by atoms with Crippen molar-refractivity contribution >= 4 is 0 Å². The van der Waals surface area contributed by atoms with Crippen molar-refractivity contribution in [3.8, 4) is 0 Å². The average Bonchev–Trinajstić information content (AvgIpc) is 1.69. The van der Waals surface area contributed by atoms with Crippen LogP contribution in [0.3, 0.4) is 0 Å². The molecule has 1 atom stereocenters. The van der Waals surface area contributed by atoms with Gasteiger partial charge in [-0.3, -0.25) is 0 Å². The van der Waals surface area contributed by atoms with Gasteiger partial charge in [0.1, 0.15) is 0 Å². The van der Waals surface area contributed by atoms with Crippen LogP contribution < -0.4 is 0 Å². The van der Waals surface area contributed by atoms with Gasteiger partial charge in [-0.15, -0.1) is 0 Å². The first-order valence-corrected chi connectivity index (χ1v) is 3.01. The third kappa shape index (κ3) is 1.48. The summed E-state index contributed by atoms with van der Waals surface area (Å²) < 4.78 is 5.28. The predicted octanol–water partition coefficient (Wildman–Crippen LogP) is 1.58. The minimum Gasteiger partial charge on any atom is -0.379 e. The van der Waals surface area contributed by atoms with Gasteiger partial charge in [-0.05, 0) is 26.2 Å². The molecular weight excluding hydrogens is 88.1 g/mol. The molecule has 0 radical (unpaired) electrons. The molecule has 7 heavy (non-hydrogen) atoms. The van der Waals surface area contributed by atoms with Gasteiger partial charge in [0.25, 0.3) is 0 Å². The molecular formula is C6H12O. The van der Waals surface area contributed by atoms with Crippen molar-refractivity contribution in [3.63, 3.8) is 0 Å². The molecule has 1 heteroatoms. The Morgan fingerprint density at radius 3 is 2.57 bits per heavy atom. The van der Waals surface area contributed by atoms with Gasteiger partial charge >= 0.3 is 0 Å². The van der Waals surface area contributed by atoms with Crippen LogP contribution in [0.15, 0.2) is 0 Å². The van der Waals surface area contributed by atoms with E-state index in [-0.39, 0.29) is 0 Å². The van der Waals surface area contributed by atoms with Crippen molar-refractivity contribution in [1.82, 2.24) is 0 Å². The molecule has 0 amide bonds. The van der Waals surface area contributed by atoms with Crippen LogP contribution in [0, 0.1) is 0 Å². The molecule has 0 aromatic rings. The van der Waals surface area contributed by atoms with E-state index in [2.05, 4.69) is 6.92 Å². The smallest absolute Gasteiger partial charge is 0.0547 e. The summed E-state index contributed by atoms with van der Waals surface area (Å²) in [7, 11) is 0. The van der Waals surface area contributed by atoms with Crippen molar-refractivity contribution in [2.24, 2.45) is 0 Å². The lowest BCUT2D eigenvalue weighted by Crippen LogP contribution is -2.14. The largest absolute Gasteiger partial charge is 0.379 e. The molecule has 1 aliphatic heterocycles. The Kier molecular flexibility index (Phi) is 1.69. The molecule has 0 N–H and O–H groups in total. The standard InChI is InChI=1S/C6H12O/c1-6-4-2-3-5-7-6/h6H,2-5H2,1H3/t6-/m0/s1. The van der Waals surface area contributed by atoms with Crippen LogP contribution >= 0.6 is 0 Å². The molecule has 1 heterocycles. The van der Waals surface area contributed by atoms with E-state index in [1.54, 1.807) is 0 Å². The minimum absolute atomic E-state index is 0.536. The van der Waals surface area contributed by atoms with E-state index in [1.165, 1.54) is 19.3 Å². The Hall–Kier alpha value is -0.0400. The first kappa shape index (κ1) is 5.10. The second kappa shape index (κ2) is 2.31. The average molecular weight is 100 g/mol. The number of ether oxygens (including phenoxy) is 1. The van der Waals surface area contributed by atoms with E-state index < -0.39 is 0 Å². The SMILES string of the molecule is C[C@H]1CCCCO1. The maximum atomic E-state index is 5.28. The summed E-state index contributed by atoms with van der Waals surface area (Å²) in [6.45, 7) is 3.13. The lowest BCUT2D eigenvalue weighted by Gasteiger charge is -2.17. The maximum absolute atomic E-state index is 5.28. The summed E-state index contributed by atoms with van der Waals surface area (Å²) >= 11 is 0. The normalized spacial score (nSPS) is 33.0. The van der Waals surface area contributed by atoms with Gasteiger partial charge in [0.15, 0.2) is 0 Å². The quantitative estimate of drug-likeness (QED) is 0.449. The fraction of sp³-hybridized carbons (Fsp3) is 1.00. The molecule has 0 aromatic carbocycles. The van der Waals surface area contributed by atoms with Gasteiger partial charge in [0.05, 0.1) is 6.10 Å². The molecule has 0 bridgehead atoms. The van der Waals surface area contributed by atoms with Crippen molar-refractivity contribution in [3.05, 3.63) is 0 Å². The Morgan fingerprint density at radius 2 is 2.29 bits per heavy atom. The summed E-state index contributed by atoms with van der Waals surface area (Å²) in [5.41, 5.74) is 0. The van der Waals surface area contributed by atoms with Crippen LogP contribution in [-0.4, -0.2) is 12.7 Å². The summed E-state index contributed by atoms with van der Waals surface area (Å²) in [4.78, 5) is 0. The van der Waals surface area contributed by atoms with E-state index >= 15 is 0 Å². The maximum Gasteiger partial charge on any atom is 0.0547 e. The Morgan fingerprint density at radius 1 is 1.43 bits per heavy atom. The van der Waals surface area contributed by atoms with Crippen molar-refractivity contribution < 1.29 is 4.74 Å². The number of hydrogen-bond donors (Lipinski definition) is 0. The minimum atomic E-state index is 0.536. The second-order valence-corrected chi connectivity index (χ2v) is 2.18.